The van der Waals surface area contributed by atoms with Crippen LogP contribution in [-0.4, -0.2) is 30.7 Å². The van der Waals surface area contributed by atoms with Crippen molar-refractivity contribution in [2.75, 3.05) is 13.2 Å². The van der Waals surface area contributed by atoms with E-state index in [4.69, 9.17) is 19.3 Å². The summed E-state index contributed by atoms with van der Waals surface area (Å²) in [5.74, 6) is 1.31. The molecule has 1 aliphatic rings. The molecule has 0 saturated carbocycles. The van der Waals surface area contributed by atoms with Gasteiger partial charge < -0.3 is 24.1 Å². The average Bonchev–Trinajstić information content (AvgIpc) is 2.85. The first-order chi connectivity index (χ1) is 17.3. The van der Waals surface area contributed by atoms with E-state index in [-0.39, 0.29) is 12.4 Å². The molecule has 10 heteroatoms. The second kappa shape index (κ2) is 11.5. The number of hydrogen-bond acceptors (Lipinski definition) is 6. The molecule has 1 heterocycles. The summed E-state index contributed by atoms with van der Waals surface area (Å²) in [6.45, 7) is 0.415. The van der Waals surface area contributed by atoms with Gasteiger partial charge in [-0.15, -0.1) is 24.9 Å². The van der Waals surface area contributed by atoms with E-state index in [9.17, 15) is 18.0 Å². The number of aliphatic carboxylic acids is 1. The molecule has 0 fully saturated rings. The van der Waals surface area contributed by atoms with Crippen LogP contribution in [0.5, 0.6) is 23.0 Å². The van der Waals surface area contributed by atoms with Crippen molar-refractivity contribution in [2.45, 2.75) is 36.5 Å². The third-order valence-corrected chi connectivity index (χ3v) is 6.34. The Balaban J connectivity index is 1.32. The van der Waals surface area contributed by atoms with Gasteiger partial charge in [0.15, 0.2) is 6.61 Å². The summed E-state index contributed by atoms with van der Waals surface area (Å²) in [7, 11) is 0. The maximum Gasteiger partial charge on any atom is 0.573 e. The second-order valence-electron chi connectivity index (χ2n) is 7.92. The predicted octanol–water partition coefficient (Wildman–Crippen LogP) is 6.24. The lowest BCUT2D eigenvalue weighted by molar-refractivity contribution is -0.274. The fourth-order valence-corrected chi connectivity index (χ4v) is 4.58. The SMILES string of the molecule is O=C(O)COc1ccc(SCc2ccc(OCc3ccc(OC(F)(F)F)cc3)cc2)c2c1CCCO2. The lowest BCUT2D eigenvalue weighted by Crippen LogP contribution is -2.17. The Morgan fingerprint density at radius 1 is 0.944 bits per heavy atom. The minimum atomic E-state index is -4.72. The molecule has 3 aromatic rings. The summed E-state index contributed by atoms with van der Waals surface area (Å²) in [4.78, 5) is 11.8. The van der Waals surface area contributed by atoms with Gasteiger partial charge in [0, 0.05) is 11.3 Å². The average molecular weight is 521 g/mol. The van der Waals surface area contributed by atoms with E-state index in [0.717, 1.165) is 34.6 Å². The van der Waals surface area contributed by atoms with Gasteiger partial charge in [-0.2, -0.15) is 0 Å². The number of carboxylic acid groups (broad SMARTS) is 1. The van der Waals surface area contributed by atoms with Gasteiger partial charge in [0.05, 0.1) is 11.5 Å². The number of carboxylic acids is 1. The summed E-state index contributed by atoms with van der Waals surface area (Å²) in [5, 5.41) is 8.89. The molecule has 36 heavy (non-hydrogen) atoms. The number of ether oxygens (including phenoxy) is 4. The minimum absolute atomic E-state index is 0.209. The van der Waals surface area contributed by atoms with Crippen LogP contribution in [0, 0.1) is 0 Å². The highest BCUT2D eigenvalue weighted by atomic mass is 32.2. The summed E-state index contributed by atoms with van der Waals surface area (Å²) >= 11 is 1.61. The molecule has 1 aliphatic heterocycles. The number of thioether (sulfide) groups is 1. The van der Waals surface area contributed by atoms with Crippen molar-refractivity contribution in [3.63, 3.8) is 0 Å². The first-order valence-corrected chi connectivity index (χ1v) is 12.1. The van der Waals surface area contributed by atoms with Crippen LogP contribution in [0.3, 0.4) is 0 Å². The van der Waals surface area contributed by atoms with Crippen LogP contribution >= 0.6 is 11.8 Å². The third kappa shape index (κ3) is 7.24. The van der Waals surface area contributed by atoms with Gasteiger partial charge in [0.25, 0.3) is 0 Å². The fraction of sp³-hybridized carbons (Fsp3) is 0.269. The van der Waals surface area contributed by atoms with Crippen molar-refractivity contribution >= 4 is 17.7 Å². The van der Waals surface area contributed by atoms with Crippen molar-refractivity contribution < 1.29 is 42.0 Å². The van der Waals surface area contributed by atoms with E-state index in [1.54, 1.807) is 17.8 Å². The lowest BCUT2D eigenvalue weighted by atomic mass is 10.1. The first kappa shape index (κ1) is 25.6. The highest BCUT2D eigenvalue weighted by molar-refractivity contribution is 7.98. The van der Waals surface area contributed by atoms with Crippen LogP contribution in [0.25, 0.3) is 0 Å². The Bertz CT molecular complexity index is 1180. The molecule has 4 rings (SSSR count). The Morgan fingerprint density at radius 2 is 1.64 bits per heavy atom. The summed E-state index contributed by atoms with van der Waals surface area (Å²) < 4.78 is 57.7. The van der Waals surface area contributed by atoms with E-state index in [0.29, 0.717) is 29.4 Å². The molecule has 0 unspecified atom stereocenters. The van der Waals surface area contributed by atoms with E-state index in [1.165, 1.54) is 24.3 Å². The molecule has 0 spiro atoms. The molecule has 0 radical (unpaired) electrons. The molecule has 0 atom stereocenters. The zero-order valence-electron chi connectivity index (χ0n) is 19.0. The van der Waals surface area contributed by atoms with E-state index < -0.39 is 18.9 Å². The Kier molecular flexibility index (Phi) is 8.14. The normalized spacial score (nSPS) is 12.9. The molecule has 190 valence electrons. The van der Waals surface area contributed by atoms with Crippen molar-refractivity contribution in [3.05, 3.63) is 77.4 Å². The number of rotatable bonds is 10. The van der Waals surface area contributed by atoms with Gasteiger partial charge in [-0.25, -0.2) is 4.79 Å². The lowest BCUT2D eigenvalue weighted by Gasteiger charge is -2.22. The first-order valence-electron chi connectivity index (χ1n) is 11.1. The third-order valence-electron chi connectivity index (χ3n) is 5.23. The molecular weight excluding hydrogens is 497 g/mol. The highest BCUT2D eigenvalue weighted by Crippen LogP contribution is 2.42. The molecule has 6 nitrogen and oxygen atoms in total. The maximum atomic E-state index is 12.3. The largest absolute Gasteiger partial charge is 0.573 e. The number of benzene rings is 3. The molecule has 0 aromatic heterocycles. The van der Waals surface area contributed by atoms with Crippen LogP contribution in [0.15, 0.2) is 65.6 Å². The van der Waals surface area contributed by atoms with Crippen molar-refractivity contribution in [1.82, 2.24) is 0 Å². The number of alkyl halides is 3. The van der Waals surface area contributed by atoms with Crippen molar-refractivity contribution in [2.24, 2.45) is 0 Å². The van der Waals surface area contributed by atoms with E-state index in [1.807, 2.05) is 30.3 Å². The highest BCUT2D eigenvalue weighted by Gasteiger charge is 2.31. The van der Waals surface area contributed by atoms with Gasteiger partial charge in [0.2, 0.25) is 0 Å². The maximum absolute atomic E-state index is 12.3. The molecular formula is C26H23F3O6S. The summed E-state index contributed by atoms with van der Waals surface area (Å²) in [6, 6.07) is 16.8. The summed E-state index contributed by atoms with van der Waals surface area (Å²) in [5.41, 5.74) is 2.68. The number of carbonyl (C=O) groups is 1. The van der Waals surface area contributed by atoms with Gasteiger partial charge in [-0.05, 0) is 60.4 Å². The Morgan fingerprint density at radius 3 is 2.33 bits per heavy atom. The van der Waals surface area contributed by atoms with Crippen LogP contribution in [0.4, 0.5) is 13.2 Å². The molecule has 0 bridgehead atoms. The van der Waals surface area contributed by atoms with Crippen LogP contribution in [0.2, 0.25) is 0 Å². The number of halogens is 3. The standard InChI is InChI=1S/C26H23F3O6S/c27-26(28,29)35-20-9-3-17(4-10-20)14-33-19-7-5-18(6-8-19)16-36-23-12-11-22(34-15-24(30)31)21-2-1-13-32-25(21)23/h3-12H,1-2,13-16H2,(H,30,31). The van der Waals surface area contributed by atoms with Gasteiger partial charge >= 0.3 is 12.3 Å². The van der Waals surface area contributed by atoms with E-state index in [2.05, 4.69) is 4.74 Å². The van der Waals surface area contributed by atoms with Gasteiger partial charge in [-0.1, -0.05) is 24.3 Å². The second-order valence-corrected chi connectivity index (χ2v) is 8.93. The monoisotopic (exact) mass is 520 g/mol. The van der Waals surface area contributed by atoms with Crippen LogP contribution in [-0.2, 0) is 23.6 Å². The zero-order chi connectivity index (χ0) is 25.5. The van der Waals surface area contributed by atoms with Crippen molar-refractivity contribution in [1.29, 1.82) is 0 Å². The molecule has 0 amide bonds. The fourth-order valence-electron chi connectivity index (χ4n) is 3.59. The Labute approximate surface area is 209 Å². The zero-order valence-corrected chi connectivity index (χ0v) is 19.9. The van der Waals surface area contributed by atoms with Crippen LogP contribution < -0.4 is 18.9 Å². The van der Waals surface area contributed by atoms with Gasteiger partial charge in [0.1, 0.15) is 29.6 Å². The number of hydrogen-bond donors (Lipinski definition) is 1. The molecule has 1 N–H and O–H groups in total. The molecule has 0 aliphatic carbocycles. The molecule has 3 aromatic carbocycles. The topological polar surface area (TPSA) is 74.2 Å². The van der Waals surface area contributed by atoms with Crippen molar-refractivity contribution in [3.8, 4) is 23.0 Å². The summed E-state index contributed by atoms with van der Waals surface area (Å²) in [6.07, 6.45) is -3.11. The number of fused-ring (bicyclic) bond motifs is 1. The quantitative estimate of drug-likeness (QED) is 0.317. The van der Waals surface area contributed by atoms with Gasteiger partial charge in [-0.3, -0.25) is 0 Å². The predicted molar refractivity (Wildman–Crippen MR) is 127 cm³/mol. The smallest absolute Gasteiger partial charge is 0.492 e. The minimum Gasteiger partial charge on any atom is -0.492 e. The molecule has 0 saturated heterocycles. The van der Waals surface area contributed by atoms with Crippen LogP contribution in [0.1, 0.15) is 23.1 Å². The Hall–Kier alpha value is -3.53. The van der Waals surface area contributed by atoms with E-state index >= 15 is 0 Å².